The van der Waals surface area contributed by atoms with Crippen LogP contribution in [0.3, 0.4) is 0 Å². The lowest BCUT2D eigenvalue weighted by Crippen LogP contribution is -2.45. The van der Waals surface area contributed by atoms with E-state index in [1.807, 2.05) is 17.0 Å². The van der Waals surface area contributed by atoms with E-state index >= 15 is 0 Å². The van der Waals surface area contributed by atoms with Crippen molar-refractivity contribution in [1.82, 2.24) is 14.5 Å². The number of sulfonamides is 1. The standard InChI is InChI=1S/C25H39N3O3S/c1-20-11-15-27(16-12-20)18-21-5-4-14-28(19-21)25(29)10-13-26-32(30,31)24-9-8-22-6-2-3-7-23(22)17-24/h8-9,17,20-21,26H,2-7,10-16,18-19H2,1H3. The summed E-state index contributed by atoms with van der Waals surface area (Å²) in [4.78, 5) is 17.6. The quantitative estimate of drug-likeness (QED) is 0.677. The van der Waals surface area contributed by atoms with Gasteiger partial charge in [0.2, 0.25) is 15.9 Å². The predicted molar refractivity (Wildman–Crippen MR) is 127 cm³/mol. The summed E-state index contributed by atoms with van der Waals surface area (Å²) in [6, 6.07) is 5.46. The van der Waals surface area contributed by atoms with E-state index in [0.717, 1.165) is 56.8 Å². The van der Waals surface area contributed by atoms with E-state index < -0.39 is 10.0 Å². The van der Waals surface area contributed by atoms with Crippen molar-refractivity contribution in [2.75, 3.05) is 39.3 Å². The van der Waals surface area contributed by atoms with Crippen LogP contribution in [0.2, 0.25) is 0 Å². The van der Waals surface area contributed by atoms with Gasteiger partial charge >= 0.3 is 0 Å². The molecule has 1 atom stereocenters. The third kappa shape index (κ3) is 6.12. The zero-order chi connectivity index (χ0) is 22.6. The van der Waals surface area contributed by atoms with Crippen molar-refractivity contribution in [1.29, 1.82) is 0 Å². The molecule has 1 aliphatic carbocycles. The van der Waals surface area contributed by atoms with Crippen LogP contribution in [0.1, 0.15) is 63.0 Å². The Labute approximate surface area is 193 Å². The maximum atomic E-state index is 12.8. The Morgan fingerprint density at radius 3 is 2.56 bits per heavy atom. The average molecular weight is 462 g/mol. The Morgan fingerprint density at radius 1 is 1.03 bits per heavy atom. The molecule has 0 radical (unpaired) electrons. The molecule has 4 rings (SSSR count). The molecule has 1 amide bonds. The van der Waals surface area contributed by atoms with E-state index in [2.05, 4.69) is 16.5 Å². The number of carbonyl (C=O) groups is 1. The molecule has 178 valence electrons. The summed E-state index contributed by atoms with van der Waals surface area (Å²) in [6.07, 6.45) is 9.27. The van der Waals surface area contributed by atoms with E-state index in [9.17, 15) is 13.2 Å². The van der Waals surface area contributed by atoms with Gasteiger partial charge in [0.1, 0.15) is 0 Å². The number of carbonyl (C=O) groups excluding carboxylic acids is 1. The average Bonchev–Trinajstić information content (AvgIpc) is 2.80. The maximum Gasteiger partial charge on any atom is 0.240 e. The molecular weight excluding hydrogens is 422 g/mol. The van der Waals surface area contributed by atoms with Crippen molar-refractivity contribution in [2.24, 2.45) is 11.8 Å². The van der Waals surface area contributed by atoms with Gasteiger partial charge in [-0.3, -0.25) is 4.79 Å². The van der Waals surface area contributed by atoms with Crippen molar-refractivity contribution in [3.8, 4) is 0 Å². The molecule has 7 heteroatoms. The molecule has 1 N–H and O–H groups in total. The van der Waals surface area contributed by atoms with Gasteiger partial charge in [-0.2, -0.15) is 0 Å². The molecule has 2 saturated heterocycles. The van der Waals surface area contributed by atoms with Crippen LogP contribution in [0.4, 0.5) is 0 Å². The Hall–Kier alpha value is -1.44. The lowest BCUT2D eigenvalue weighted by atomic mass is 9.92. The zero-order valence-corrected chi connectivity index (χ0v) is 20.3. The molecular formula is C25H39N3O3S. The summed E-state index contributed by atoms with van der Waals surface area (Å²) in [5.74, 6) is 1.43. The molecule has 0 spiro atoms. The first-order chi connectivity index (χ1) is 15.4. The Kier molecular flexibility index (Phi) is 7.90. The van der Waals surface area contributed by atoms with Gasteiger partial charge in [0.05, 0.1) is 4.90 Å². The highest BCUT2D eigenvalue weighted by Gasteiger charge is 2.27. The normalized spacial score (nSPS) is 23.2. The van der Waals surface area contributed by atoms with Gasteiger partial charge in [-0.05, 0) is 99.6 Å². The fourth-order valence-electron chi connectivity index (χ4n) is 5.46. The number of piperidine rings is 2. The van der Waals surface area contributed by atoms with Crippen LogP contribution in [0.5, 0.6) is 0 Å². The summed E-state index contributed by atoms with van der Waals surface area (Å²) >= 11 is 0. The maximum absolute atomic E-state index is 12.8. The van der Waals surface area contributed by atoms with Gasteiger partial charge in [0.25, 0.3) is 0 Å². The molecule has 32 heavy (non-hydrogen) atoms. The molecule has 0 aromatic heterocycles. The van der Waals surface area contributed by atoms with E-state index in [1.54, 1.807) is 6.07 Å². The van der Waals surface area contributed by atoms with Crippen LogP contribution in [-0.4, -0.2) is 63.4 Å². The highest BCUT2D eigenvalue weighted by atomic mass is 32.2. The summed E-state index contributed by atoms with van der Waals surface area (Å²) in [5.41, 5.74) is 2.42. The van der Waals surface area contributed by atoms with E-state index in [0.29, 0.717) is 10.8 Å². The highest BCUT2D eigenvalue weighted by molar-refractivity contribution is 7.89. The number of aryl methyl sites for hydroxylation is 2. The second kappa shape index (κ2) is 10.7. The first kappa shape index (κ1) is 23.7. The van der Waals surface area contributed by atoms with Crippen molar-refractivity contribution in [3.63, 3.8) is 0 Å². The molecule has 2 heterocycles. The van der Waals surface area contributed by atoms with Crippen LogP contribution >= 0.6 is 0 Å². The second-order valence-electron chi connectivity index (χ2n) is 10.1. The molecule has 1 aromatic rings. The topological polar surface area (TPSA) is 69.7 Å². The smallest absolute Gasteiger partial charge is 0.240 e. The van der Waals surface area contributed by atoms with Crippen molar-refractivity contribution in [3.05, 3.63) is 29.3 Å². The third-order valence-electron chi connectivity index (χ3n) is 7.53. The first-order valence-electron chi connectivity index (χ1n) is 12.5. The number of hydrogen-bond donors (Lipinski definition) is 1. The van der Waals surface area contributed by atoms with E-state index in [-0.39, 0.29) is 18.9 Å². The number of nitrogens with one attached hydrogen (secondary N) is 1. The molecule has 1 aromatic carbocycles. The number of amides is 1. The first-order valence-corrected chi connectivity index (χ1v) is 14.0. The third-order valence-corrected chi connectivity index (χ3v) is 8.98. The number of likely N-dealkylation sites (tertiary alicyclic amines) is 2. The molecule has 2 fully saturated rings. The fraction of sp³-hybridized carbons (Fsp3) is 0.720. The summed E-state index contributed by atoms with van der Waals surface area (Å²) < 4.78 is 28.1. The van der Waals surface area contributed by atoms with E-state index in [4.69, 9.17) is 0 Å². The van der Waals surface area contributed by atoms with Crippen LogP contribution in [0, 0.1) is 11.8 Å². The SMILES string of the molecule is CC1CCN(CC2CCCN(C(=O)CCNS(=O)(=O)c3ccc4c(c3)CCCC4)C2)CC1. The Bertz CT molecular complexity index is 894. The lowest BCUT2D eigenvalue weighted by molar-refractivity contribution is -0.133. The minimum atomic E-state index is -3.58. The monoisotopic (exact) mass is 461 g/mol. The van der Waals surface area contributed by atoms with Crippen molar-refractivity contribution >= 4 is 15.9 Å². The summed E-state index contributed by atoms with van der Waals surface area (Å²) in [6.45, 7) is 7.53. The number of benzene rings is 1. The van der Waals surface area contributed by atoms with Gasteiger partial charge in [-0.25, -0.2) is 13.1 Å². The molecule has 0 bridgehead atoms. The Balaban J connectivity index is 1.24. The molecule has 1 unspecified atom stereocenters. The Morgan fingerprint density at radius 2 is 1.78 bits per heavy atom. The summed E-state index contributed by atoms with van der Waals surface area (Å²) in [5, 5.41) is 0. The van der Waals surface area contributed by atoms with Crippen molar-refractivity contribution < 1.29 is 13.2 Å². The van der Waals surface area contributed by atoms with Crippen LogP contribution < -0.4 is 4.72 Å². The molecule has 3 aliphatic rings. The van der Waals surface area contributed by atoms with Crippen LogP contribution in [-0.2, 0) is 27.7 Å². The van der Waals surface area contributed by atoms with Crippen molar-refractivity contribution in [2.45, 2.75) is 69.6 Å². The minimum absolute atomic E-state index is 0.0649. The van der Waals surface area contributed by atoms with Gasteiger partial charge in [0.15, 0.2) is 0 Å². The number of rotatable bonds is 7. The lowest BCUT2D eigenvalue weighted by Gasteiger charge is -2.38. The van der Waals surface area contributed by atoms with Gasteiger partial charge < -0.3 is 9.80 Å². The van der Waals surface area contributed by atoms with Gasteiger partial charge in [0, 0.05) is 32.6 Å². The molecule has 2 aliphatic heterocycles. The highest BCUT2D eigenvalue weighted by Crippen LogP contribution is 2.24. The zero-order valence-electron chi connectivity index (χ0n) is 19.5. The van der Waals surface area contributed by atoms with E-state index in [1.165, 1.54) is 44.3 Å². The van der Waals surface area contributed by atoms with Crippen LogP contribution in [0.25, 0.3) is 0 Å². The summed E-state index contributed by atoms with van der Waals surface area (Å²) in [7, 11) is -3.58. The fourth-order valence-corrected chi connectivity index (χ4v) is 6.54. The number of fused-ring (bicyclic) bond motifs is 1. The largest absolute Gasteiger partial charge is 0.342 e. The number of nitrogens with zero attached hydrogens (tertiary/aromatic N) is 2. The van der Waals surface area contributed by atoms with Gasteiger partial charge in [-0.1, -0.05) is 13.0 Å². The number of hydrogen-bond acceptors (Lipinski definition) is 4. The van der Waals surface area contributed by atoms with Crippen LogP contribution in [0.15, 0.2) is 23.1 Å². The molecule has 0 saturated carbocycles. The van der Waals surface area contributed by atoms with Gasteiger partial charge in [-0.15, -0.1) is 0 Å². The molecule has 6 nitrogen and oxygen atoms in total. The minimum Gasteiger partial charge on any atom is -0.342 e. The predicted octanol–water partition coefficient (Wildman–Crippen LogP) is 3.20. The second-order valence-corrected chi connectivity index (χ2v) is 11.9.